The van der Waals surface area contributed by atoms with Crippen LogP contribution in [0.1, 0.15) is 0 Å². The van der Waals surface area contributed by atoms with Gasteiger partial charge in [0.25, 0.3) is 0 Å². The Hall–Kier alpha value is -2.87. The van der Waals surface area contributed by atoms with Crippen molar-refractivity contribution in [1.82, 2.24) is 9.38 Å². The Balaban J connectivity index is 1.96. The molecule has 0 amide bonds. The second-order valence-corrected chi connectivity index (χ2v) is 4.99. The maximum absolute atomic E-state index is 4.61. The lowest BCUT2D eigenvalue weighted by Crippen LogP contribution is -1.89. The number of benzene rings is 2. The van der Waals surface area contributed by atoms with Crippen molar-refractivity contribution in [3.05, 3.63) is 85.2 Å². The predicted molar refractivity (Wildman–Crippen MR) is 86.1 cm³/mol. The third-order valence-electron chi connectivity index (χ3n) is 3.69. The molecule has 2 aromatic carbocycles. The van der Waals surface area contributed by atoms with Gasteiger partial charge >= 0.3 is 0 Å². The van der Waals surface area contributed by atoms with Crippen LogP contribution in [0.4, 0.5) is 0 Å². The van der Waals surface area contributed by atoms with Crippen molar-refractivity contribution >= 4 is 5.52 Å². The number of aromatic nitrogens is 2. The molecule has 0 atom stereocenters. The fourth-order valence-electron chi connectivity index (χ4n) is 2.68. The smallest absolute Gasteiger partial charge is 0.100 e. The Morgan fingerprint density at radius 1 is 0.619 bits per heavy atom. The minimum atomic E-state index is 1.02. The van der Waals surface area contributed by atoms with Crippen molar-refractivity contribution in [2.24, 2.45) is 0 Å². The van der Waals surface area contributed by atoms with Crippen molar-refractivity contribution in [1.29, 1.82) is 0 Å². The van der Waals surface area contributed by atoms with E-state index in [9.17, 15) is 0 Å². The van der Waals surface area contributed by atoms with E-state index in [1.807, 2.05) is 30.6 Å². The van der Waals surface area contributed by atoms with E-state index >= 15 is 0 Å². The van der Waals surface area contributed by atoms with E-state index in [1.165, 1.54) is 5.56 Å². The summed E-state index contributed by atoms with van der Waals surface area (Å²) >= 11 is 0. The van der Waals surface area contributed by atoms with E-state index in [2.05, 4.69) is 64.0 Å². The zero-order valence-corrected chi connectivity index (χ0v) is 11.5. The Morgan fingerprint density at radius 2 is 1.29 bits per heavy atom. The Kier molecular flexibility index (Phi) is 2.79. The van der Waals surface area contributed by atoms with Gasteiger partial charge in [0.05, 0.1) is 16.9 Å². The Labute approximate surface area is 123 Å². The van der Waals surface area contributed by atoms with Crippen LogP contribution in [0.5, 0.6) is 0 Å². The first-order valence-electron chi connectivity index (χ1n) is 7.00. The number of hydrogen-bond donors (Lipinski definition) is 0. The fraction of sp³-hybridized carbons (Fsp3) is 0. The van der Waals surface area contributed by atoms with Gasteiger partial charge in [-0.15, -0.1) is 0 Å². The Bertz CT molecular complexity index is 877. The van der Waals surface area contributed by atoms with Crippen molar-refractivity contribution in [3.8, 4) is 22.5 Å². The van der Waals surface area contributed by atoms with Crippen LogP contribution in [0.25, 0.3) is 28.0 Å². The molecule has 4 aromatic rings. The topological polar surface area (TPSA) is 17.3 Å². The average molecular weight is 270 g/mol. The van der Waals surface area contributed by atoms with Gasteiger partial charge in [0, 0.05) is 5.56 Å². The van der Waals surface area contributed by atoms with Crippen LogP contribution < -0.4 is 0 Å². The van der Waals surface area contributed by atoms with Crippen molar-refractivity contribution in [2.45, 2.75) is 0 Å². The summed E-state index contributed by atoms with van der Waals surface area (Å²) in [5.74, 6) is 0. The van der Waals surface area contributed by atoms with Gasteiger partial charge in [0.1, 0.15) is 6.33 Å². The third-order valence-corrected chi connectivity index (χ3v) is 3.69. The number of imidazole rings is 1. The van der Waals surface area contributed by atoms with E-state index in [4.69, 9.17) is 0 Å². The first-order valence-corrected chi connectivity index (χ1v) is 7.00. The molecule has 100 valence electrons. The molecule has 0 bridgehead atoms. The van der Waals surface area contributed by atoms with Crippen LogP contribution in [0.15, 0.2) is 85.2 Å². The Morgan fingerprint density at radius 3 is 2.00 bits per heavy atom. The molecule has 0 spiro atoms. The van der Waals surface area contributed by atoms with Crippen molar-refractivity contribution < 1.29 is 0 Å². The minimum absolute atomic E-state index is 1.02. The van der Waals surface area contributed by atoms with Crippen LogP contribution in [0, 0.1) is 0 Å². The second-order valence-electron chi connectivity index (χ2n) is 4.99. The summed E-state index contributed by atoms with van der Waals surface area (Å²) in [6, 6.07) is 27.0. The summed E-state index contributed by atoms with van der Waals surface area (Å²) < 4.78 is 2.15. The molecule has 0 unspecified atom stereocenters. The van der Waals surface area contributed by atoms with Gasteiger partial charge in [-0.05, 0) is 17.7 Å². The highest BCUT2D eigenvalue weighted by atomic mass is 15.0. The molecule has 0 radical (unpaired) electrons. The van der Waals surface area contributed by atoms with Crippen LogP contribution >= 0.6 is 0 Å². The van der Waals surface area contributed by atoms with E-state index < -0.39 is 0 Å². The molecular weight excluding hydrogens is 256 g/mol. The second kappa shape index (κ2) is 4.91. The molecule has 0 aliphatic carbocycles. The maximum Gasteiger partial charge on any atom is 0.100 e. The molecule has 2 nitrogen and oxygen atoms in total. The molecule has 2 heterocycles. The minimum Gasteiger partial charge on any atom is -0.298 e. The molecule has 0 aliphatic rings. The molecule has 0 N–H and O–H groups in total. The lowest BCUT2D eigenvalue weighted by atomic mass is 10.1. The predicted octanol–water partition coefficient (Wildman–Crippen LogP) is 4.67. The summed E-state index contributed by atoms with van der Waals surface area (Å²) in [6.07, 6.45) is 1.90. The van der Waals surface area contributed by atoms with Crippen LogP contribution in [0.2, 0.25) is 0 Å². The van der Waals surface area contributed by atoms with Gasteiger partial charge in [-0.1, -0.05) is 66.7 Å². The highest BCUT2D eigenvalue weighted by molar-refractivity contribution is 5.79. The molecule has 0 saturated carbocycles. The molecule has 21 heavy (non-hydrogen) atoms. The van der Waals surface area contributed by atoms with Crippen molar-refractivity contribution in [3.63, 3.8) is 0 Å². The van der Waals surface area contributed by atoms with Gasteiger partial charge in [-0.25, -0.2) is 4.98 Å². The van der Waals surface area contributed by atoms with Gasteiger partial charge in [0.2, 0.25) is 0 Å². The lowest BCUT2D eigenvalue weighted by Gasteiger charge is -2.06. The monoisotopic (exact) mass is 270 g/mol. The molecule has 0 aliphatic heterocycles. The molecule has 0 fully saturated rings. The normalized spacial score (nSPS) is 10.9. The number of rotatable bonds is 2. The van der Waals surface area contributed by atoms with E-state index in [-0.39, 0.29) is 0 Å². The standard InChI is InChI=1S/C19H14N2/c1-3-8-15(9-4-1)17-12-7-13-18-19(20-14-21(17)18)16-10-5-2-6-11-16/h1-14H. The first-order chi connectivity index (χ1) is 10.4. The number of fused-ring (bicyclic) bond motifs is 1. The zero-order chi connectivity index (χ0) is 14.1. The number of pyridine rings is 1. The van der Waals surface area contributed by atoms with Crippen LogP contribution in [-0.2, 0) is 0 Å². The summed E-state index contributed by atoms with van der Waals surface area (Å²) in [7, 11) is 0. The largest absolute Gasteiger partial charge is 0.298 e. The summed E-state index contributed by atoms with van der Waals surface area (Å²) in [5, 5.41) is 0. The third kappa shape index (κ3) is 2.01. The highest BCUT2D eigenvalue weighted by Gasteiger charge is 2.09. The van der Waals surface area contributed by atoms with Crippen LogP contribution in [0.3, 0.4) is 0 Å². The lowest BCUT2D eigenvalue weighted by molar-refractivity contribution is 1.16. The molecular formula is C19H14N2. The maximum atomic E-state index is 4.61. The zero-order valence-electron chi connectivity index (χ0n) is 11.5. The summed E-state index contributed by atoms with van der Waals surface area (Å²) in [6.45, 7) is 0. The quantitative estimate of drug-likeness (QED) is 0.517. The molecule has 4 rings (SSSR count). The average Bonchev–Trinajstić information content (AvgIpc) is 3.00. The molecule has 2 heteroatoms. The summed E-state index contributed by atoms with van der Waals surface area (Å²) in [4.78, 5) is 4.61. The van der Waals surface area contributed by atoms with E-state index in [0.717, 1.165) is 22.5 Å². The fourth-order valence-corrected chi connectivity index (χ4v) is 2.68. The first kappa shape index (κ1) is 11.9. The van der Waals surface area contributed by atoms with Gasteiger partial charge < -0.3 is 0 Å². The molecule has 0 saturated heterocycles. The van der Waals surface area contributed by atoms with Gasteiger partial charge in [0.15, 0.2) is 0 Å². The van der Waals surface area contributed by atoms with Gasteiger partial charge in [-0.3, -0.25) is 4.40 Å². The SMILES string of the molecule is c1ccc(-c2ncn3c(-c4ccccc4)cccc23)cc1. The van der Waals surface area contributed by atoms with E-state index in [0.29, 0.717) is 0 Å². The van der Waals surface area contributed by atoms with Crippen molar-refractivity contribution in [2.75, 3.05) is 0 Å². The summed E-state index contributed by atoms with van der Waals surface area (Å²) in [5.41, 5.74) is 5.64. The van der Waals surface area contributed by atoms with E-state index in [1.54, 1.807) is 0 Å². The highest BCUT2D eigenvalue weighted by Crippen LogP contribution is 2.27. The van der Waals surface area contributed by atoms with Gasteiger partial charge in [-0.2, -0.15) is 0 Å². The molecule has 2 aromatic heterocycles. The number of hydrogen-bond acceptors (Lipinski definition) is 1. The van der Waals surface area contributed by atoms with Crippen LogP contribution in [-0.4, -0.2) is 9.38 Å². The number of nitrogens with zero attached hydrogens (tertiary/aromatic N) is 2.